The zero-order valence-electron chi connectivity index (χ0n) is 18.2. The highest BCUT2D eigenvalue weighted by atomic mass is 19.1. The van der Waals surface area contributed by atoms with E-state index >= 15 is 0 Å². The van der Waals surface area contributed by atoms with Crippen molar-refractivity contribution in [2.24, 2.45) is 0 Å². The van der Waals surface area contributed by atoms with Gasteiger partial charge in [-0.1, -0.05) is 24.3 Å². The minimum atomic E-state index is -1.40. The summed E-state index contributed by atoms with van der Waals surface area (Å²) in [5.74, 6) is -2.66. The van der Waals surface area contributed by atoms with Crippen LogP contribution in [0.1, 0.15) is 40.0 Å². The fourth-order valence-corrected chi connectivity index (χ4v) is 3.96. The number of nitrogens with one attached hydrogen (secondary N) is 1. The van der Waals surface area contributed by atoms with Gasteiger partial charge in [0.2, 0.25) is 0 Å². The van der Waals surface area contributed by atoms with Crippen molar-refractivity contribution in [3.8, 4) is 11.3 Å². The fourth-order valence-electron chi connectivity index (χ4n) is 3.96. The number of fused-ring (bicyclic) bond motifs is 1. The third kappa shape index (κ3) is 3.98. The van der Waals surface area contributed by atoms with Crippen LogP contribution in [0.4, 0.5) is 14.5 Å². The molecule has 0 spiro atoms. The molecule has 0 aliphatic rings. The molecular formula is C26H21F2NO4. The van der Waals surface area contributed by atoms with Crippen LogP contribution in [0.15, 0.2) is 63.8 Å². The Morgan fingerprint density at radius 1 is 1.03 bits per heavy atom. The van der Waals surface area contributed by atoms with Gasteiger partial charge in [0, 0.05) is 11.1 Å². The molecule has 0 fully saturated rings. The highest BCUT2D eigenvalue weighted by Crippen LogP contribution is 2.33. The van der Waals surface area contributed by atoms with Crippen molar-refractivity contribution in [2.45, 2.75) is 26.8 Å². The SMILES string of the molecule is Cc1cc([C@@H](C)Nc2cccc(F)c2C(=O)O)c2oc(-c3ccccc3F)c(C)c(=O)c2c1. The van der Waals surface area contributed by atoms with Gasteiger partial charge < -0.3 is 14.8 Å². The van der Waals surface area contributed by atoms with Gasteiger partial charge in [0.1, 0.15) is 28.5 Å². The summed E-state index contributed by atoms with van der Waals surface area (Å²) in [5.41, 5.74) is 1.36. The second kappa shape index (κ2) is 8.50. The number of aryl methyl sites for hydroxylation is 1. The van der Waals surface area contributed by atoms with Gasteiger partial charge in [-0.05, 0) is 56.7 Å². The number of rotatable bonds is 5. The molecule has 0 aliphatic carbocycles. The summed E-state index contributed by atoms with van der Waals surface area (Å²) < 4.78 is 34.7. The molecule has 0 saturated heterocycles. The van der Waals surface area contributed by atoms with E-state index in [9.17, 15) is 23.5 Å². The zero-order valence-corrected chi connectivity index (χ0v) is 18.2. The molecule has 3 aromatic carbocycles. The number of carbonyl (C=O) groups is 1. The number of halogens is 2. The molecule has 0 bridgehead atoms. The van der Waals surface area contributed by atoms with Crippen molar-refractivity contribution in [1.29, 1.82) is 0 Å². The van der Waals surface area contributed by atoms with Crippen molar-refractivity contribution in [3.05, 3.63) is 98.7 Å². The van der Waals surface area contributed by atoms with Crippen LogP contribution in [0.3, 0.4) is 0 Å². The van der Waals surface area contributed by atoms with Crippen LogP contribution in [0.5, 0.6) is 0 Å². The Morgan fingerprint density at radius 2 is 1.73 bits per heavy atom. The summed E-state index contributed by atoms with van der Waals surface area (Å²) in [6.45, 7) is 5.15. The van der Waals surface area contributed by atoms with Crippen LogP contribution in [0.25, 0.3) is 22.3 Å². The van der Waals surface area contributed by atoms with E-state index in [1.807, 2.05) is 6.92 Å². The smallest absolute Gasteiger partial charge is 0.340 e. The Bertz CT molecular complexity index is 1460. The van der Waals surface area contributed by atoms with Gasteiger partial charge in [-0.25, -0.2) is 13.6 Å². The van der Waals surface area contributed by atoms with Crippen LogP contribution in [-0.2, 0) is 0 Å². The Morgan fingerprint density at radius 3 is 2.42 bits per heavy atom. The maximum absolute atomic E-state index is 14.5. The molecule has 1 aromatic heterocycles. The molecule has 0 radical (unpaired) electrons. The molecule has 0 aliphatic heterocycles. The molecule has 33 heavy (non-hydrogen) atoms. The molecule has 1 heterocycles. The first-order valence-corrected chi connectivity index (χ1v) is 10.3. The second-order valence-electron chi connectivity index (χ2n) is 7.93. The topological polar surface area (TPSA) is 79.5 Å². The second-order valence-corrected chi connectivity index (χ2v) is 7.93. The van der Waals surface area contributed by atoms with Crippen molar-refractivity contribution < 1.29 is 23.1 Å². The number of anilines is 1. The van der Waals surface area contributed by atoms with Crippen LogP contribution < -0.4 is 10.7 Å². The first-order valence-electron chi connectivity index (χ1n) is 10.3. The van der Waals surface area contributed by atoms with E-state index < -0.39 is 29.2 Å². The summed E-state index contributed by atoms with van der Waals surface area (Å²) in [7, 11) is 0. The lowest BCUT2D eigenvalue weighted by atomic mass is 9.98. The van der Waals surface area contributed by atoms with Gasteiger partial charge in [0.15, 0.2) is 5.43 Å². The summed E-state index contributed by atoms with van der Waals surface area (Å²) >= 11 is 0. The monoisotopic (exact) mass is 449 g/mol. The van der Waals surface area contributed by atoms with Gasteiger partial charge in [0.25, 0.3) is 0 Å². The number of hydrogen-bond donors (Lipinski definition) is 2. The van der Waals surface area contributed by atoms with Crippen molar-refractivity contribution >= 4 is 22.6 Å². The molecular weight excluding hydrogens is 428 g/mol. The van der Waals surface area contributed by atoms with Crippen LogP contribution in [0.2, 0.25) is 0 Å². The number of carboxylic acid groups (broad SMARTS) is 1. The third-order valence-electron chi connectivity index (χ3n) is 5.58. The van der Waals surface area contributed by atoms with E-state index in [1.54, 1.807) is 38.1 Å². The lowest BCUT2D eigenvalue weighted by molar-refractivity contribution is 0.0693. The van der Waals surface area contributed by atoms with E-state index in [4.69, 9.17) is 4.42 Å². The van der Waals surface area contributed by atoms with E-state index in [-0.39, 0.29) is 33.6 Å². The quantitative estimate of drug-likeness (QED) is 0.378. The molecule has 0 unspecified atom stereocenters. The third-order valence-corrected chi connectivity index (χ3v) is 5.58. The number of hydrogen-bond acceptors (Lipinski definition) is 4. The van der Waals surface area contributed by atoms with E-state index in [0.717, 1.165) is 11.6 Å². The Balaban J connectivity index is 1.92. The van der Waals surface area contributed by atoms with Gasteiger partial charge in [0.05, 0.1) is 22.7 Å². The molecule has 4 aromatic rings. The minimum absolute atomic E-state index is 0.0912. The maximum atomic E-state index is 14.5. The van der Waals surface area contributed by atoms with Crippen molar-refractivity contribution in [1.82, 2.24) is 0 Å². The normalized spacial score (nSPS) is 12.0. The first kappa shape index (κ1) is 22.2. The van der Waals surface area contributed by atoms with Crippen molar-refractivity contribution in [2.75, 3.05) is 5.32 Å². The predicted octanol–water partition coefficient (Wildman–Crippen LogP) is 6.23. The summed E-state index contributed by atoms with van der Waals surface area (Å²) in [6.07, 6.45) is 0. The molecule has 0 amide bonds. The molecule has 7 heteroatoms. The van der Waals surface area contributed by atoms with Crippen LogP contribution in [-0.4, -0.2) is 11.1 Å². The van der Waals surface area contributed by atoms with Gasteiger partial charge in [-0.3, -0.25) is 4.79 Å². The van der Waals surface area contributed by atoms with Gasteiger partial charge in [-0.2, -0.15) is 0 Å². The number of benzene rings is 3. The molecule has 2 N–H and O–H groups in total. The van der Waals surface area contributed by atoms with Crippen molar-refractivity contribution in [3.63, 3.8) is 0 Å². The largest absolute Gasteiger partial charge is 0.478 e. The Hall–Kier alpha value is -4.00. The number of carboxylic acids is 1. The lowest BCUT2D eigenvalue weighted by Crippen LogP contribution is -2.14. The first-order chi connectivity index (χ1) is 15.7. The van der Waals surface area contributed by atoms with Gasteiger partial charge >= 0.3 is 5.97 Å². The van der Waals surface area contributed by atoms with Gasteiger partial charge in [-0.15, -0.1) is 0 Å². The summed E-state index contributed by atoms with van der Waals surface area (Å²) in [4.78, 5) is 24.7. The fraction of sp³-hybridized carbons (Fsp3) is 0.154. The summed E-state index contributed by atoms with van der Waals surface area (Å²) in [5, 5.41) is 12.8. The zero-order chi connectivity index (χ0) is 23.9. The minimum Gasteiger partial charge on any atom is -0.478 e. The molecule has 1 atom stereocenters. The van der Waals surface area contributed by atoms with Crippen LogP contribution >= 0.6 is 0 Å². The molecule has 0 saturated carbocycles. The maximum Gasteiger partial charge on any atom is 0.340 e. The number of aromatic carboxylic acids is 1. The molecule has 5 nitrogen and oxygen atoms in total. The average Bonchev–Trinajstić information content (AvgIpc) is 2.76. The van der Waals surface area contributed by atoms with E-state index in [0.29, 0.717) is 10.9 Å². The highest BCUT2D eigenvalue weighted by molar-refractivity contribution is 5.94. The Kier molecular flexibility index (Phi) is 5.72. The Labute approximate surface area is 188 Å². The highest BCUT2D eigenvalue weighted by Gasteiger charge is 2.22. The summed E-state index contributed by atoms with van der Waals surface area (Å²) in [6, 6.07) is 12.9. The average molecular weight is 449 g/mol. The standard InChI is InChI=1S/C26H21F2NO4/c1-13-11-17(15(3)29-21-10-6-9-20(28)22(21)26(31)32)25-18(12-13)23(30)14(2)24(33-25)16-7-4-5-8-19(16)27/h4-12,15,29H,1-3H3,(H,31,32)/t15-/m1/s1. The molecule has 4 rings (SSSR count). The lowest BCUT2D eigenvalue weighted by Gasteiger charge is -2.20. The molecule has 168 valence electrons. The van der Waals surface area contributed by atoms with E-state index in [1.165, 1.54) is 24.3 Å². The van der Waals surface area contributed by atoms with Crippen LogP contribution in [0, 0.1) is 25.5 Å². The predicted molar refractivity (Wildman–Crippen MR) is 123 cm³/mol. The van der Waals surface area contributed by atoms with E-state index in [2.05, 4.69) is 5.32 Å².